The van der Waals surface area contributed by atoms with Crippen LogP contribution in [-0.2, 0) is 0 Å². The highest BCUT2D eigenvalue weighted by atomic mass is 32.1. The summed E-state index contributed by atoms with van der Waals surface area (Å²) in [5.74, 6) is 1.59. The van der Waals surface area contributed by atoms with E-state index in [1.54, 1.807) is 12.1 Å². The average molecular weight is 385 g/mol. The molecule has 0 aromatic carbocycles. The zero-order valence-corrected chi connectivity index (χ0v) is 17.6. The zero-order chi connectivity index (χ0) is 20.6. The first-order chi connectivity index (χ1) is 12.6. The minimum atomic E-state index is 0.334. The Bertz CT molecular complexity index is 824. The van der Waals surface area contributed by atoms with Crippen molar-refractivity contribution in [2.45, 2.75) is 53.6 Å². The van der Waals surface area contributed by atoms with E-state index in [0.717, 1.165) is 28.6 Å². The molecule has 0 amide bonds. The first kappa shape index (κ1) is 22.3. The molecule has 0 saturated heterocycles. The topological polar surface area (TPSA) is 99.7 Å². The molecule has 0 saturated carbocycles. The number of hydrogen-bond donors (Lipinski definition) is 3. The number of hydrogen-bond acceptors (Lipinski definition) is 6. The summed E-state index contributed by atoms with van der Waals surface area (Å²) in [6.45, 7) is 12.0. The van der Waals surface area contributed by atoms with Crippen LogP contribution in [0.3, 0.4) is 0 Å². The van der Waals surface area contributed by atoms with Gasteiger partial charge in [0.2, 0.25) is 0 Å². The fraction of sp³-hybridized carbons (Fsp3) is 0.400. The molecule has 0 fully saturated rings. The first-order valence-electron chi connectivity index (χ1n) is 8.81. The number of aromatic nitrogens is 2. The van der Waals surface area contributed by atoms with Crippen LogP contribution < -0.4 is 16.4 Å². The standard InChI is InChI=1S/C10H15N3S.C10H13N3/c1-6(2)12-9-5-8(10(11)14)4-7(3)13-9;1-7(2)12-10-5-9(6-11)4-8(3)13-10/h4-6H,1-3H3,(H2,11,14)(H,12,13);4-5,7H,1-3H3,(H,12,13). The molecule has 0 aliphatic rings. The van der Waals surface area contributed by atoms with E-state index in [0.29, 0.717) is 22.6 Å². The number of nitrogens with one attached hydrogen (secondary N) is 2. The molecule has 27 heavy (non-hydrogen) atoms. The van der Waals surface area contributed by atoms with Gasteiger partial charge in [-0.3, -0.25) is 0 Å². The highest BCUT2D eigenvalue weighted by Gasteiger charge is 2.03. The van der Waals surface area contributed by atoms with Gasteiger partial charge in [0.15, 0.2) is 0 Å². The lowest BCUT2D eigenvalue weighted by Gasteiger charge is -2.11. The van der Waals surface area contributed by atoms with Gasteiger partial charge in [-0.25, -0.2) is 9.97 Å². The van der Waals surface area contributed by atoms with Crippen molar-refractivity contribution in [3.8, 4) is 6.07 Å². The van der Waals surface area contributed by atoms with Crippen molar-refractivity contribution >= 4 is 28.8 Å². The molecule has 0 unspecified atom stereocenters. The summed E-state index contributed by atoms with van der Waals surface area (Å²) in [5, 5.41) is 15.1. The third-order valence-electron chi connectivity index (χ3n) is 3.19. The molecule has 0 bridgehead atoms. The minimum absolute atomic E-state index is 0.334. The molecule has 4 N–H and O–H groups in total. The maximum absolute atomic E-state index is 8.72. The Morgan fingerprint density at radius 2 is 1.44 bits per heavy atom. The van der Waals surface area contributed by atoms with Crippen LogP contribution in [0, 0.1) is 25.2 Å². The van der Waals surface area contributed by atoms with Crippen LogP contribution >= 0.6 is 12.2 Å². The van der Waals surface area contributed by atoms with Crippen LogP contribution in [0.2, 0.25) is 0 Å². The van der Waals surface area contributed by atoms with Crippen molar-refractivity contribution in [1.82, 2.24) is 9.97 Å². The molecular weight excluding hydrogens is 356 g/mol. The number of nitrogens with two attached hydrogens (primary N) is 1. The molecule has 0 spiro atoms. The van der Waals surface area contributed by atoms with Gasteiger partial charge in [-0.15, -0.1) is 0 Å². The van der Waals surface area contributed by atoms with Crippen molar-refractivity contribution in [2.24, 2.45) is 5.73 Å². The van der Waals surface area contributed by atoms with Crippen LogP contribution in [0.25, 0.3) is 0 Å². The Kier molecular flexibility index (Phi) is 8.63. The second kappa shape index (κ2) is 10.4. The van der Waals surface area contributed by atoms with E-state index in [2.05, 4.69) is 40.5 Å². The molecule has 2 heterocycles. The lowest BCUT2D eigenvalue weighted by atomic mass is 10.2. The largest absolute Gasteiger partial charge is 0.389 e. The Labute approximate surface area is 167 Å². The summed E-state index contributed by atoms with van der Waals surface area (Å²) in [5.41, 5.74) is 8.84. The second-order valence-electron chi connectivity index (χ2n) is 6.84. The van der Waals surface area contributed by atoms with Crippen molar-refractivity contribution in [3.05, 3.63) is 46.8 Å². The van der Waals surface area contributed by atoms with Crippen molar-refractivity contribution in [2.75, 3.05) is 10.6 Å². The molecule has 2 aromatic rings. The Hall–Kier alpha value is -2.72. The van der Waals surface area contributed by atoms with Gasteiger partial charge in [0.1, 0.15) is 16.6 Å². The van der Waals surface area contributed by atoms with E-state index in [1.165, 1.54) is 0 Å². The number of nitriles is 1. The normalized spacial score (nSPS) is 10.0. The second-order valence-corrected chi connectivity index (χ2v) is 7.28. The lowest BCUT2D eigenvalue weighted by Crippen LogP contribution is -2.14. The van der Waals surface area contributed by atoms with E-state index in [4.69, 9.17) is 23.2 Å². The van der Waals surface area contributed by atoms with E-state index >= 15 is 0 Å². The van der Waals surface area contributed by atoms with Gasteiger partial charge in [0.05, 0.1) is 11.6 Å². The summed E-state index contributed by atoms with van der Waals surface area (Å²) in [7, 11) is 0. The Morgan fingerprint density at radius 3 is 1.89 bits per heavy atom. The molecule has 6 nitrogen and oxygen atoms in total. The zero-order valence-electron chi connectivity index (χ0n) is 16.8. The van der Waals surface area contributed by atoms with Gasteiger partial charge in [0, 0.05) is 29.0 Å². The predicted octanol–water partition coefficient (Wildman–Crippen LogP) is 3.93. The van der Waals surface area contributed by atoms with E-state index in [1.807, 2.05) is 39.8 Å². The molecule has 2 aromatic heterocycles. The highest BCUT2D eigenvalue weighted by Crippen LogP contribution is 2.11. The number of rotatable bonds is 5. The van der Waals surface area contributed by atoms with Crippen molar-refractivity contribution in [3.63, 3.8) is 0 Å². The van der Waals surface area contributed by atoms with Crippen LogP contribution in [0.4, 0.5) is 11.6 Å². The minimum Gasteiger partial charge on any atom is -0.389 e. The molecule has 0 atom stereocenters. The number of thiocarbonyl (C=S) groups is 1. The van der Waals surface area contributed by atoms with Gasteiger partial charge in [0.25, 0.3) is 0 Å². The fourth-order valence-electron chi connectivity index (χ4n) is 2.28. The fourth-order valence-corrected chi connectivity index (χ4v) is 2.40. The van der Waals surface area contributed by atoms with E-state index < -0.39 is 0 Å². The van der Waals surface area contributed by atoms with Crippen LogP contribution in [-0.4, -0.2) is 27.0 Å². The predicted molar refractivity (Wildman–Crippen MR) is 116 cm³/mol. The third kappa shape index (κ3) is 8.47. The maximum atomic E-state index is 8.72. The molecule has 7 heteroatoms. The number of aryl methyl sites for hydroxylation is 2. The summed E-state index contributed by atoms with van der Waals surface area (Å²) in [4.78, 5) is 8.99. The van der Waals surface area contributed by atoms with Gasteiger partial charge in [-0.2, -0.15) is 5.26 Å². The van der Waals surface area contributed by atoms with Crippen LogP contribution in [0.5, 0.6) is 0 Å². The third-order valence-corrected chi connectivity index (χ3v) is 3.43. The average Bonchev–Trinajstić information content (AvgIpc) is 2.52. The molecular formula is C20H28N6S. The summed E-state index contributed by atoms with van der Waals surface area (Å²) in [6, 6.07) is 10.1. The maximum Gasteiger partial charge on any atom is 0.127 e. The first-order valence-corrected chi connectivity index (χ1v) is 9.22. The van der Waals surface area contributed by atoms with Gasteiger partial charge < -0.3 is 16.4 Å². The summed E-state index contributed by atoms with van der Waals surface area (Å²) < 4.78 is 0. The van der Waals surface area contributed by atoms with E-state index in [9.17, 15) is 0 Å². The summed E-state index contributed by atoms with van der Waals surface area (Å²) in [6.07, 6.45) is 0. The molecule has 2 rings (SSSR count). The lowest BCUT2D eigenvalue weighted by molar-refractivity contribution is 0.886. The summed E-state index contributed by atoms with van der Waals surface area (Å²) >= 11 is 4.92. The molecule has 144 valence electrons. The Morgan fingerprint density at radius 1 is 0.963 bits per heavy atom. The SMILES string of the molecule is Cc1cc(C#N)cc(NC(C)C)n1.Cc1cc(C(N)=S)cc(NC(C)C)n1. The smallest absolute Gasteiger partial charge is 0.127 e. The number of pyridine rings is 2. The van der Waals surface area contributed by atoms with Crippen molar-refractivity contribution in [1.29, 1.82) is 5.26 Å². The van der Waals surface area contributed by atoms with Crippen LogP contribution in [0.15, 0.2) is 24.3 Å². The van der Waals surface area contributed by atoms with Gasteiger partial charge in [-0.1, -0.05) is 12.2 Å². The van der Waals surface area contributed by atoms with Gasteiger partial charge in [-0.05, 0) is 65.8 Å². The highest BCUT2D eigenvalue weighted by molar-refractivity contribution is 7.80. The van der Waals surface area contributed by atoms with Crippen molar-refractivity contribution < 1.29 is 0 Å². The molecule has 0 radical (unpaired) electrons. The van der Waals surface area contributed by atoms with Crippen LogP contribution in [0.1, 0.15) is 50.2 Å². The molecule has 0 aliphatic heterocycles. The van der Waals surface area contributed by atoms with Gasteiger partial charge >= 0.3 is 0 Å². The monoisotopic (exact) mass is 384 g/mol. The Balaban J connectivity index is 0.000000271. The number of anilines is 2. The number of nitrogens with zero attached hydrogens (tertiary/aromatic N) is 3. The van der Waals surface area contributed by atoms with E-state index in [-0.39, 0.29) is 0 Å². The molecule has 0 aliphatic carbocycles. The quantitative estimate of drug-likeness (QED) is 0.672.